The average Bonchev–Trinajstić information content (AvgIpc) is 3.17. The molecule has 1 amide bonds. The van der Waals surface area contributed by atoms with Gasteiger partial charge < -0.3 is 10.5 Å². The lowest BCUT2D eigenvalue weighted by Gasteiger charge is -2.10. The fourth-order valence-corrected chi connectivity index (χ4v) is 2.85. The number of nitrogens with zero attached hydrogens (tertiary/aromatic N) is 3. The minimum absolute atomic E-state index is 0. The third-order valence-corrected chi connectivity index (χ3v) is 4.06. The molecule has 3 rings (SSSR count). The molecule has 0 unspecified atom stereocenters. The molecule has 126 valence electrons. The summed E-state index contributed by atoms with van der Waals surface area (Å²) in [6, 6.07) is 5.55. The van der Waals surface area contributed by atoms with Crippen molar-refractivity contribution in [2.24, 2.45) is 5.73 Å². The quantitative estimate of drug-likeness (QED) is 0.842. The lowest BCUT2D eigenvalue weighted by Crippen LogP contribution is -2.29. The summed E-state index contributed by atoms with van der Waals surface area (Å²) in [6.07, 6.45) is 2.69. The summed E-state index contributed by atoms with van der Waals surface area (Å²) in [6.45, 7) is 0.437. The van der Waals surface area contributed by atoms with Crippen LogP contribution in [0.3, 0.4) is 0 Å². The molecule has 2 aromatic heterocycles. The van der Waals surface area contributed by atoms with Gasteiger partial charge in [-0.15, -0.1) is 35.0 Å². The van der Waals surface area contributed by atoms with Crippen LogP contribution in [0.1, 0.15) is 12.8 Å². The number of pyridine rings is 1. The maximum atomic E-state index is 12.1. The molecule has 0 spiro atoms. The van der Waals surface area contributed by atoms with Crippen LogP contribution in [0.5, 0.6) is 0 Å². The zero-order valence-corrected chi connectivity index (χ0v) is 14.5. The van der Waals surface area contributed by atoms with E-state index >= 15 is 0 Å². The lowest BCUT2D eigenvalue weighted by molar-refractivity contribution is -0.126. The van der Waals surface area contributed by atoms with Gasteiger partial charge in [0.05, 0.1) is 6.10 Å². The fourth-order valence-electron chi connectivity index (χ4n) is 2.12. The first-order chi connectivity index (χ1) is 10.3. The summed E-state index contributed by atoms with van der Waals surface area (Å²) >= 11 is 1.28. The van der Waals surface area contributed by atoms with Crippen molar-refractivity contribution in [2.45, 2.75) is 25.0 Å². The van der Waals surface area contributed by atoms with E-state index in [1.807, 2.05) is 18.2 Å². The van der Waals surface area contributed by atoms with E-state index in [1.54, 1.807) is 6.20 Å². The van der Waals surface area contributed by atoms with Crippen molar-refractivity contribution < 1.29 is 9.53 Å². The Morgan fingerprint density at radius 3 is 2.83 bits per heavy atom. The average molecular weight is 378 g/mol. The van der Waals surface area contributed by atoms with Gasteiger partial charge in [-0.05, 0) is 25.0 Å². The highest BCUT2D eigenvalue weighted by Crippen LogP contribution is 2.26. The van der Waals surface area contributed by atoms with Crippen LogP contribution < -0.4 is 11.1 Å². The predicted octanol–water partition coefficient (Wildman–Crippen LogP) is 1.89. The number of hydrogen-bond acceptors (Lipinski definition) is 7. The van der Waals surface area contributed by atoms with Gasteiger partial charge in [-0.3, -0.25) is 15.1 Å². The molecule has 1 aliphatic heterocycles. The minimum atomic E-state index is -0.458. The number of rotatable bonds is 4. The predicted molar refractivity (Wildman–Crippen MR) is 93.2 cm³/mol. The number of halogens is 2. The first-order valence-electron chi connectivity index (χ1n) is 6.67. The number of nitrogens with two attached hydrogens (primary N) is 1. The van der Waals surface area contributed by atoms with Crippen molar-refractivity contribution in [2.75, 3.05) is 11.9 Å². The highest BCUT2D eigenvalue weighted by atomic mass is 35.5. The zero-order valence-electron chi connectivity index (χ0n) is 12.0. The van der Waals surface area contributed by atoms with Gasteiger partial charge in [0, 0.05) is 12.7 Å². The van der Waals surface area contributed by atoms with E-state index in [0.717, 1.165) is 12.1 Å². The molecule has 7 nitrogen and oxygen atoms in total. The Hall–Kier alpha value is -1.32. The van der Waals surface area contributed by atoms with Gasteiger partial charge >= 0.3 is 0 Å². The van der Waals surface area contributed by atoms with Crippen molar-refractivity contribution >= 4 is 47.2 Å². The smallest absolute Gasteiger partial charge is 0.255 e. The molecular formula is C13H17Cl2N5O2S. The first-order valence-corrected chi connectivity index (χ1v) is 7.49. The van der Waals surface area contributed by atoms with Gasteiger partial charge in [-0.1, -0.05) is 17.4 Å². The number of nitrogens with one attached hydrogen (secondary N) is 1. The van der Waals surface area contributed by atoms with E-state index in [9.17, 15) is 4.79 Å². The molecule has 23 heavy (non-hydrogen) atoms. The van der Waals surface area contributed by atoms with Gasteiger partial charge in [0.25, 0.3) is 5.91 Å². The molecular weight excluding hydrogens is 361 g/mol. The molecule has 10 heteroatoms. The SMILES string of the molecule is Cl.Cl.NC[C@H]1CC[C@@H](C(=O)Nc2nnc(-c3ccccn3)s2)O1. The molecule has 1 saturated heterocycles. The molecule has 1 fully saturated rings. The van der Waals surface area contributed by atoms with E-state index < -0.39 is 6.10 Å². The second-order valence-electron chi connectivity index (χ2n) is 4.68. The lowest BCUT2D eigenvalue weighted by atomic mass is 10.2. The largest absolute Gasteiger partial charge is 0.364 e. The number of carbonyl (C=O) groups is 1. The van der Waals surface area contributed by atoms with Crippen LogP contribution in [0.25, 0.3) is 10.7 Å². The molecule has 0 bridgehead atoms. The van der Waals surface area contributed by atoms with Gasteiger partial charge in [-0.25, -0.2) is 0 Å². The van der Waals surface area contributed by atoms with Crippen LogP contribution in [0.4, 0.5) is 5.13 Å². The molecule has 2 aromatic rings. The Balaban J connectivity index is 0.00000132. The van der Waals surface area contributed by atoms with Gasteiger partial charge in [0.2, 0.25) is 5.13 Å². The number of ether oxygens (including phenoxy) is 1. The standard InChI is InChI=1S/C13H15N5O2S.2ClH/c14-7-8-4-5-10(20-8)11(19)16-13-18-17-12(21-13)9-3-1-2-6-15-9;;/h1-3,6,8,10H,4-5,7,14H2,(H,16,18,19);2*1H/t8-,10+;;/m1../s1. The Morgan fingerprint density at radius 1 is 1.35 bits per heavy atom. The van der Waals surface area contributed by atoms with Crippen LogP contribution in [-0.4, -0.2) is 39.8 Å². The molecule has 3 N–H and O–H groups in total. The summed E-state index contributed by atoms with van der Waals surface area (Å²) < 4.78 is 5.54. The van der Waals surface area contributed by atoms with Crippen molar-refractivity contribution in [1.29, 1.82) is 0 Å². The fraction of sp³-hybridized carbons (Fsp3) is 0.385. The van der Waals surface area contributed by atoms with E-state index in [-0.39, 0.29) is 36.8 Å². The van der Waals surface area contributed by atoms with Crippen molar-refractivity contribution in [1.82, 2.24) is 15.2 Å². The van der Waals surface area contributed by atoms with Gasteiger partial charge in [-0.2, -0.15) is 0 Å². The molecule has 1 aliphatic rings. The number of aromatic nitrogens is 3. The van der Waals surface area contributed by atoms with Crippen LogP contribution in [0.2, 0.25) is 0 Å². The van der Waals surface area contributed by atoms with E-state index in [0.29, 0.717) is 23.1 Å². The third kappa shape index (κ3) is 4.82. The van der Waals surface area contributed by atoms with E-state index in [1.165, 1.54) is 11.3 Å². The number of carbonyl (C=O) groups excluding carboxylic acids is 1. The topological polar surface area (TPSA) is 103 Å². The van der Waals surface area contributed by atoms with E-state index in [4.69, 9.17) is 10.5 Å². The molecule has 0 aromatic carbocycles. The van der Waals surface area contributed by atoms with Crippen molar-refractivity contribution in [3.05, 3.63) is 24.4 Å². The maximum Gasteiger partial charge on any atom is 0.255 e. The first kappa shape index (κ1) is 19.7. The Morgan fingerprint density at radius 2 is 2.17 bits per heavy atom. The molecule has 2 atom stereocenters. The molecule has 0 saturated carbocycles. The van der Waals surface area contributed by atoms with Gasteiger partial charge in [0.15, 0.2) is 5.01 Å². The normalized spacial score (nSPS) is 19.5. The Labute approximate surface area is 149 Å². The summed E-state index contributed by atoms with van der Waals surface area (Å²) in [7, 11) is 0. The van der Waals surface area contributed by atoms with Crippen molar-refractivity contribution in [3.8, 4) is 10.7 Å². The molecule has 0 aliphatic carbocycles. The van der Waals surface area contributed by atoms with Crippen LogP contribution in [0.15, 0.2) is 24.4 Å². The maximum absolute atomic E-state index is 12.1. The third-order valence-electron chi connectivity index (χ3n) is 3.20. The number of amides is 1. The van der Waals surface area contributed by atoms with Crippen molar-refractivity contribution in [3.63, 3.8) is 0 Å². The second kappa shape index (κ2) is 9.09. The number of anilines is 1. The Kier molecular flexibility index (Phi) is 7.80. The zero-order chi connectivity index (χ0) is 14.7. The monoisotopic (exact) mass is 377 g/mol. The highest BCUT2D eigenvalue weighted by molar-refractivity contribution is 7.18. The Bertz CT molecular complexity index is 628. The highest BCUT2D eigenvalue weighted by Gasteiger charge is 2.30. The van der Waals surface area contributed by atoms with Crippen LogP contribution in [0, 0.1) is 0 Å². The molecule has 0 radical (unpaired) electrons. The molecule has 3 heterocycles. The van der Waals surface area contributed by atoms with Crippen LogP contribution in [-0.2, 0) is 9.53 Å². The minimum Gasteiger partial charge on any atom is -0.364 e. The summed E-state index contributed by atoms with van der Waals surface area (Å²) in [4.78, 5) is 16.3. The summed E-state index contributed by atoms with van der Waals surface area (Å²) in [5.74, 6) is -0.199. The second-order valence-corrected chi connectivity index (χ2v) is 5.65. The van der Waals surface area contributed by atoms with Crippen LogP contribution >= 0.6 is 36.2 Å². The summed E-state index contributed by atoms with van der Waals surface area (Å²) in [5, 5.41) is 11.8. The summed E-state index contributed by atoms with van der Waals surface area (Å²) in [5.41, 5.74) is 6.26. The number of hydrogen-bond donors (Lipinski definition) is 2. The van der Waals surface area contributed by atoms with E-state index in [2.05, 4.69) is 20.5 Å². The van der Waals surface area contributed by atoms with Gasteiger partial charge in [0.1, 0.15) is 11.8 Å².